The summed E-state index contributed by atoms with van der Waals surface area (Å²) in [5, 5.41) is 12.7. The highest BCUT2D eigenvalue weighted by Gasteiger charge is 2.24. The van der Waals surface area contributed by atoms with Crippen molar-refractivity contribution >= 4 is 17.1 Å². The van der Waals surface area contributed by atoms with E-state index in [4.69, 9.17) is 0 Å². The molecule has 5 rings (SSSR count). The zero-order valence-electron chi connectivity index (χ0n) is 15.2. The number of anilines is 3. The maximum absolute atomic E-state index is 4.55. The second-order valence-electron chi connectivity index (χ2n) is 6.81. The van der Waals surface area contributed by atoms with Gasteiger partial charge in [0.2, 0.25) is 0 Å². The molecular formula is C22H19N5. The zero-order valence-corrected chi connectivity index (χ0v) is 15.2. The summed E-state index contributed by atoms with van der Waals surface area (Å²) in [6, 6.07) is 24.9. The van der Waals surface area contributed by atoms with Crippen LogP contribution in [0.15, 0.2) is 72.8 Å². The number of benzene rings is 3. The van der Waals surface area contributed by atoms with Crippen LogP contribution in [-0.4, -0.2) is 28.9 Å². The molecule has 0 unspecified atom stereocenters. The van der Waals surface area contributed by atoms with Gasteiger partial charge in [-0.2, -0.15) is 0 Å². The summed E-state index contributed by atoms with van der Waals surface area (Å²) in [4.78, 5) is 2.09. The fraction of sp³-hybridized carbons (Fsp3) is 0.0909. The van der Waals surface area contributed by atoms with Crippen LogP contribution in [0.5, 0.6) is 0 Å². The van der Waals surface area contributed by atoms with Gasteiger partial charge in [0.15, 0.2) is 11.6 Å². The van der Waals surface area contributed by atoms with E-state index in [1.807, 2.05) is 38.4 Å². The molecule has 1 N–H and O–H groups in total. The van der Waals surface area contributed by atoms with Crippen LogP contribution in [0.4, 0.5) is 17.1 Å². The summed E-state index contributed by atoms with van der Waals surface area (Å²) < 4.78 is 2.14. The van der Waals surface area contributed by atoms with Crippen molar-refractivity contribution in [2.75, 3.05) is 24.3 Å². The number of rotatable bonds is 2. The molecule has 1 aliphatic heterocycles. The normalized spacial score (nSPS) is 11.6. The number of fused-ring (bicyclic) bond motifs is 5. The first-order valence-corrected chi connectivity index (χ1v) is 8.91. The lowest BCUT2D eigenvalue weighted by Gasteiger charge is -2.14. The third-order valence-corrected chi connectivity index (χ3v) is 4.89. The van der Waals surface area contributed by atoms with E-state index in [0.29, 0.717) is 0 Å². The third kappa shape index (κ3) is 2.47. The Hall–Kier alpha value is -3.60. The van der Waals surface area contributed by atoms with Gasteiger partial charge in [0.1, 0.15) is 0 Å². The maximum Gasteiger partial charge on any atom is 0.171 e. The largest absolute Gasteiger partial charge is 0.378 e. The Bertz CT molecular complexity index is 1130. The average Bonchev–Trinajstić information content (AvgIpc) is 3.08. The lowest BCUT2D eigenvalue weighted by atomic mass is 10.1. The molecule has 0 radical (unpaired) electrons. The number of nitrogens with zero attached hydrogens (tertiary/aromatic N) is 4. The van der Waals surface area contributed by atoms with Crippen LogP contribution in [0.2, 0.25) is 0 Å². The van der Waals surface area contributed by atoms with Crippen LogP contribution >= 0.6 is 0 Å². The topological polar surface area (TPSA) is 46.0 Å². The predicted octanol–water partition coefficient (Wildman–Crippen LogP) is 4.72. The van der Waals surface area contributed by atoms with Gasteiger partial charge >= 0.3 is 0 Å². The lowest BCUT2D eigenvalue weighted by molar-refractivity contribution is 1.08. The van der Waals surface area contributed by atoms with E-state index in [0.717, 1.165) is 45.5 Å². The van der Waals surface area contributed by atoms with Crippen LogP contribution in [0.1, 0.15) is 0 Å². The molecule has 1 aliphatic rings. The molecule has 3 aromatic carbocycles. The third-order valence-electron chi connectivity index (χ3n) is 4.89. The second-order valence-corrected chi connectivity index (χ2v) is 6.81. The fourth-order valence-electron chi connectivity index (χ4n) is 3.49. The molecule has 0 atom stereocenters. The Morgan fingerprint density at radius 1 is 0.741 bits per heavy atom. The molecule has 1 aromatic heterocycles. The van der Waals surface area contributed by atoms with E-state index in [9.17, 15) is 0 Å². The second kappa shape index (κ2) is 5.99. The van der Waals surface area contributed by atoms with E-state index in [2.05, 4.69) is 73.5 Å². The molecule has 4 aromatic rings. The molecule has 2 heterocycles. The standard InChI is InChI=1S/C22H19N5/c1-26(2)16-13-11-15(12-14-16)21-24-25-22-17-7-3-4-8-18(17)23-19-9-5-6-10-20(19)27(21)22/h3-14,23H,1-2H3. The van der Waals surface area contributed by atoms with Gasteiger partial charge in [-0.1, -0.05) is 24.3 Å². The number of aromatic nitrogens is 3. The van der Waals surface area contributed by atoms with Crippen molar-refractivity contribution in [1.29, 1.82) is 0 Å². The summed E-state index contributed by atoms with van der Waals surface area (Å²) in [6.45, 7) is 0. The van der Waals surface area contributed by atoms with Crippen molar-refractivity contribution in [3.63, 3.8) is 0 Å². The highest BCUT2D eigenvalue weighted by molar-refractivity contribution is 5.86. The van der Waals surface area contributed by atoms with Crippen molar-refractivity contribution in [2.24, 2.45) is 0 Å². The Kier molecular flexibility index (Phi) is 3.47. The van der Waals surface area contributed by atoms with Gasteiger partial charge in [0.25, 0.3) is 0 Å². The Morgan fingerprint density at radius 2 is 1.41 bits per heavy atom. The maximum atomic E-state index is 4.55. The summed E-state index contributed by atoms with van der Waals surface area (Å²) >= 11 is 0. The van der Waals surface area contributed by atoms with Crippen LogP contribution in [0.3, 0.4) is 0 Å². The van der Waals surface area contributed by atoms with Crippen LogP contribution in [0, 0.1) is 0 Å². The van der Waals surface area contributed by atoms with Crippen molar-refractivity contribution < 1.29 is 0 Å². The summed E-state index contributed by atoms with van der Waals surface area (Å²) in [5.74, 6) is 1.68. The summed E-state index contributed by atoms with van der Waals surface area (Å²) in [7, 11) is 4.08. The molecule has 0 aliphatic carbocycles. The molecule has 0 amide bonds. The van der Waals surface area contributed by atoms with Crippen molar-refractivity contribution in [1.82, 2.24) is 14.8 Å². The Morgan fingerprint density at radius 3 is 2.19 bits per heavy atom. The van der Waals surface area contributed by atoms with Gasteiger partial charge in [0, 0.05) is 36.6 Å². The molecule has 0 bridgehead atoms. The first kappa shape index (κ1) is 15.6. The monoisotopic (exact) mass is 353 g/mol. The highest BCUT2D eigenvalue weighted by atomic mass is 15.3. The van der Waals surface area contributed by atoms with Gasteiger partial charge in [-0.15, -0.1) is 10.2 Å². The molecule has 132 valence electrons. The minimum absolute atomic E-state index is 0.834. The van der Waals surface area contributed by atoms with Gasteiger partial charge in [-0.3, -0.25) is 4.57 Å². The van der Waals surface area contributed by atoms with E-state index >= 15 is 0 Å². The minimum Gasteiger partial charge on any atom is -0.378 e. The number of para-hydroxylation sites is 3. The predicted molar refractivity (Wildman–Crippen MR) is 110 cm³/mol. The SMILES string of the molecule is CN(C)c1ccc(-c2nnc3n2-c2ccccc2Nc2ccccc2-3)cc1. The van der Waals surface area contributed by atoms with Crippen LogP contribution < -0.4 is 10.2 Å². The van der Waals surface area contributed by atoms with E-state index in [1.54, 1.807) is 0 Å². The van der Waals surface area contributed by atoms with E-state index in [-0.39, 0.29) is 0 Å². The van der Waals surface area contributed by atoms with Crippen molar-refractivity contribution in [2.45, 2.75) is 0 Å². The molecule has 0 fully saturated rings. The first-order chi connectivity index (χ1) is 13.2. The Balaban J connectivity index is 1.77. The molecular weight excluding hydrogens is 334 g/mol. The van der Waals surface area contributed by atoms with E-state index < -0.39 is 0 Å². The van der Waals surface area contributed by atoms with Gasteiger partial charge in [-0.25, -0.2) is 0 Å². The number of hydrogen-bond acceptors (Lipinski definition) is 4. The molecule has 0 saturated carbocycles. The van der Waals surface area contributed by atoms with Crippen LogP contribution in [-0.2, 0) is 0 Å². The van der Waals surface area contributed by atoms with Crippen molar-refractivity contribution in [3.05, 3.63) is 72.8 Å². The molecule has 5 nitrogen and oxygen atoms in total. The smallest absolute Gasteiger partial charge is 0.171 e. The molecule has 0 saturated heterocycles. The summed E-state index contributed by atoms with van der Waals surface area (Å²) in [6.07, 6.45) is 0. The molecule has 5 heteroatoms. The number of nitrogens with one attached hydrogen (secondary N) is 1. The van der Waals surface area contributed by atoms with Gasteiger partial charge in [0.05, 0.1) is 11.4 Å². The van der Waals surface area contributed by atoms with Crippen molar-refractivity contribution in [3.8, 4) is 28.5 Å². The quantitative estimate of drug-likeness (QED) is 0.499. The van der Waals surface area contributed by atoms with Gasteiger partial charge in [-0.05, 0) is 48.5 Å². The molecule has 0 spiro atoms. The number of hydrogen-bond donors (Lipinski definition) is 1. The summed E-state index contributed by atoms with van der Waals surface area (Å²) in [5.41, 5.74) is 6.34. The highest BCUT2D eigenvalue weighted by Crippen LogP contribution is 2.39. The molecule has 27 heavy (non-hydrogen) atoms. The average molecular weight is 353 g/mol. The zero-order chi connectivity index (χ0) is 18.4. The lowest BCUT2D eigenvalue weighted by Crippen LogP contribution is -2.08. The van der Waals surface area contributed by atoms with E-state index in [1.165, 1.54) is 0 Å². The Labute approximate surface area is 157 Å². The van der Waals surface area contributed by atoms with Gasteiger partial charge < -0.3 is 10.2 Å². The minimum atomic E-state index is 0.834. The first-order valence-electron chi connectivity index (χ1n) is 8.91. The fourth-order valence-corrected chi connectivity index (χ4v) is 3.49. The van der Waals surface area contributed by atoms with Crippen LogP contribution in [0.25, 0.3) is 28.5 Å².